The first kappa shape index (κ1) is 11.9. The van der Waals surface area contributed by atoms with E-state index in [1.165, 1.54) is 0 Å². The Balaban J connectivity index is 1.88. The van der Waals surface area contributed by atoms with E-state index in [2.05, 4.69) is 15.3 Å². The molecule has 1 N–H and O–H groups in total. The number of aromatic nitrogens is 2. The number of hydrogen-bond acceptors (Lipinski definition) is 3. The Labute approximate surface area is 116 Å². The molecule has 0 amide bonds. The molecule has 0 spiro atoms. The van der Waals surface area contributed by atoms with Crippen molar-refractivity contribution in [3.63, 3.8) is 0 Å². The highest BCUT2D eigenvalue weighted by molar-refractivity contribution is 6.31. The summed E-state index contributed by atoms with van der Waals surface area (Å²) in [6.07, 6.45) is 1.57. The summed E-state index contributed by atoms with van der Waals surface area (Å²) in [6.45, 7) is 0.640. The summed E-state index contributed by atoms with van der Waals surface area (Å²) in [5.41, 5.74) is 1.98. The van der Waals surface area contributed by atoms with Crippen molar-refractivity contribution in [1.82, 2.24) is 9.97 Å². The SMILES string of the molecule is Clc1ccccc1CNc1ncnc2ccccc12. The quantitative estimate of drug-likeness (QED) is 0.784. The highest BCUT2D eigenvalue weighted by Crippen LogP contribution is 2.21. The van der Waals surface area contributed by atoms with Crippen LogP contribution in [0.1, 0.15) is 5.56 Å². The molecule has 3 aromatic rings. The summed E-state index contributed by atoms with van der Waals surface area (Å²) in [7, 11) is 0. The lowest BCUT2D eigenvalue weighted by molar-refractivity contribution is 1.10. The predicted octanol–water partition coefficient (Wildman–Crippen LogP) is 3.90. The van der Waals surface area contributed by atoms with Gasteiger partial charge in [-0.05, 0) is 23.8 Å². The van der Waals surface area contributed by atoms with Crippen molar-refractivity contribution in [2.75, 3.05) is 5.32 Å². The highest BCUT2D eigenvalue weighted by Gasteiger charge is 2.03. The lowest BCUT2D eigenvalue weighted by atomic mass is 10.2. The first-order valence-electron chi connectivity index (χ1n) is 6.01. The van der Waals surface area contributed by atoms with Crippen LogP contribution in [0.4, 0.5) is 5.82 Å². The van der Waals surface area contributed by atoms with Crippen LogP contribution in [0, 0.1) is 0 Å². The van der Waals surface area contributed by atoms with Gasteiger partial charge < -0.3 is 5.32 Å². The van der Waals surface area contributed by atoms with Gasteiger partial charge in [0, 0.05) is 17.0 Å². The van der Waals surface area contributed by atoms with Gasteiger partial charge >= 0.3 is 0 Å². The van der Waals surface area contributed by atoms with Gasteiger partial charge in [0.15, 0.2) is 0 Å². The number of hydrogen-bond donors (Lipinski definition) is 1. The summed E-state index contributed by atoms with van der Waals surface area (Å²) >= 11 is 6.14. The summed E-state index contributed by atoms with van der Waals surface area (Å²) in [5.74, 6) is 0.825. The molecule has 0 aliphatic heterocycles. The van der Waals surface area contributed by atoms with E-state index in [-0.39, 0.29) is 0 Å². The molecule has 0 unspecified atom stereocenters. The van der Waals surface area contributed by atoms with Gasteiger partial charge in [-0.15, -0.1) is 0 Å². The first-order valence-corrected chi connectivity index (χ1v) is 6.39. The van der Waals surface area contributed by atoms with Crippen LogP contribution in [0.3, 0.4) is 0 Å². The Morgan fingerprint density at radius 2 is 1.74 bits per heavy atom. The molecule has 0 aliphatic rings. The van der Waals surface area contributed by atoms with Gasteiger partial charge in [-0.3, -0.25) is 0 Å². The summed E-state index contributed by atoms with van der Waals surface area (Å²) in [5, 5.41) is 5.08. The molecule has 4 heteroatoms. The molecule has 1 aromatic heterocycles. The molecule has 3 nitrogen and oxygen atoms in total. The lowest BCUT2D eigenvalue weighted by Crippen LogP contribution is -2.02. The van der Waals surface area contributed by atoms with Gasteiger partial charge in [-0.1, -0.05) is 41.9 Å². The van der Waals surface area contributed by atoms with Crippen molar-refractivity contribution in [3.05, 3.63) is 65.4 Å². The highest BCUT2D eigenvalue weighted by atomic mass is 35.5. The molecule has 0 aliphatic carbocycles. The van der Waals surface area contributed by atoms with Crippen LogP contribution in [0.25, 0.3) is 10.9 Å². The van der Waals surface area contributed by atoms with Gasteiger partial charge in [0.1, 0.15) is 12.1 Å². The topological polar surface area (TPSA) is 37.8 Å². The van der Waals surface area contributed by atoms with Crippen molar-refractivity contribution in [1.29, 1.82) is 0 Å². The second-order valence-electron chi connectivity index (χ2n) is 4.18. The largest absolute Gasteiger partial charge is 0.365 e. The Hall–Kier alpha value is -2.13. The van der Waals surface area contributed by atoms with Crippen LogP contribution in [0.2, 0.25) is 5.02 Å². The number of benzene rings is 2. The maximum atomic E-state index is 6.14. The third kappa shape index (κ3) is 2.51. The fourth-order valence-corrected chi connectivity index (χ4v) is 2.17. The van der Waals surface area contributed by atoms with E-state index in [1.54, 1.807) is 6.33 Å². The average molecular weight is 270 g/mol. The van der Waals surface area contributed by atoms with E-state index < -0.39 is 0 Å². The van der Waals surface area contributed by atoms with Gasteiger partial charge in [-0.25, -0.2) is 9.97 Å². The second kappa shape index (κ2) is 5.24. The molecule has 1 heterocycles. The standard InChI is InChI=1S/C15H12ClN3/c16-13-7-3-1-5-11(13)9-17-15-12-6-2-4-8-14(12)18-10-19-15/h1-8,10H,9H2,(H,17,18,19). The molecular weight excluding hydrogens is 258 g/mol. The molecule has 3 rings (SSSR count). The van der Waals surface area contributed by atoms with E-state index >= 15 is 0 Å². The molecule has 2 aromatic carbocycles. The summed E-state index contributed by atoms with van der Waals surface area (Å²) < 4.78 is 0. The van der Waals surface area contributed by atoms with Gasteiger partial charge in [0.25, 0.3) is 0 Å². The van der Waals surface area contributed by atoms with Gasteiger partial charge in [-0.2, -0.15) is 0 Å². The van der Waals surface area contributed by atoms with Crippen LogP contribution < -0.4 is 5.32 Å². The molecule has 19 heavy (non-hydrogen) atoms. The number of halogens is 1. The first-order chi connectivity index (χ1) is 9.34. The molecular formula is C15H12ClN3. The zero-order valence-corrected chi connectivity index (χ0v) is 10.9. The minimum atomic E-state index is 0.640. The number of fused-ring (bicyclic) bond motifs is 1. The molecule has 0 saturated heterocycles. The van der Waals surface area contributed by atoms with E-state index in [1.807, 2.05) is 48.5 Å². The molecule has 0 radical (unpaired) electrons. The maximum absolute atomic E-state index is 6.14. The van der Waals surface area contributed by atoms with E-state index in [0.717, 1.165) is 27.3 Å². The fourth-order valence-electron chi connectivity index (χ4n) is 1.97. The maximum Gasteiger partial charge on any atom is 0.137 e. The third-order valence-electron chi connectivity index (χ3n) is 2.95. The van der Waals surface area contributed by atoms with Crippen molar-refractivity contribution in [2.45, 2.75) is 6.54 Å². The van der Waals surface area contributed by atoms with Crippen molar-refractivity contribution in [3.8, 4) is 0 Å². The number of para-hydroxylation sites is 1. The Bertz CT molecular complexity index is 707. The summed E-state index contributed by atoms with van der Waals surface area (Å²) in [4.78, 5) is 8.52. The van der Waals surface area contributed by atoms with E-state index in [9.17, 15) is 0 Å². The number of nitrogens with one attached hydrogen (secondary N) is 1. The normalized spacial score (nSPS) is 10.6. The van der Waals surface area contributed by atoms with Crippen LogP contribution in [0.5, 0.6) is 0 Å². The molecule has 0 bridgehead atoms. The van der Waals surface area contributed by atoms with Crippen LogP contribution in [-0.4, -0.2) is 9.97 Å². The van der Waals surface area contributed by atoms with Crippen molar-refractivity contribution >= 4 is 28.3 Å². The smallest absolute Gasteiger partial charge is 0.137 e. The van der Waals surface area contributed by atoms with E-state index in [4.69, 9.17) is 11.6 Å². The van der Waals surface area contributed by atoms with Crippen LogP contribution in [-0.2, 0) is 6.54 Å². The van der Waals surface area contributed by atoms with E-state index in [0.29, 0.717) is 6.54 Å². The zero-order chi connectivity index (χ0) is 13.1. The average Bonchev–Trinajstić information content (AvgIpc) is 2.46. The van der Waals surface area contributed by atoms with Gasteiger partial charge in [0.2, 0.25) is 0 Å². The van der Waals surface area contributed by atoms with Crippen molar-refractivity contribution in [2.24, 2.45) is 0 Å². The Morgan fingerprint density at radius 1 is 0.947 bits per heavy atom. The molecule has 0 saturated carbocycles. The molecule has 0 fully saturated rings. The molecule has 94 valence electrons. The monoisotopic (exact) mass is 269 g/mol. The molecule has 0 atom stereocenters. The van der Waals surface area contributed by atoms with Gasteiger partial charge in [0.05, 0.1) is 5.52 Å². The zero-order valence-electron chi connectivity index (χ0n) is 10.2. The van der Waals surface area contributed by atoms with Crippen molar-refractivity contribution < 1.29 is 0 Å². The minimum Gasteiger partial charge on any atom is -0.365 e. The van der Waals surface area contributed by atoms with Crippen LogP contribution in [0.15, 0.2) is 54.9 Å². The second-order valence-corrected chi connectivity index (χ2v) is 4.59. The number of rotatable bonds is 3. The Morgan fingerprint density at radius 3 is 2.63 bits per heavy atom. The lowest BCUT2D eigenvalue weighted by Gasteiger charge is -2.09. The predicted molar refractivity (Wildman–Crippen MR) is 78.3 cm³/mol. The summed E-state index contributed by atoms with van der Waals surface area (Å²) in [6, 6.07) is 15.7. The fraction of sp³-hybridized carbons (Fsp3) is 0.0667. The Kier molecular flexibility index (Phi) is 3.29. The number of anilines is 1. The number of nitrogens with zero attached hydrogens (tertiary/aromatic N) is 2. The minimum absolute atomic E-state index is 0.640. The van der Waals surface area contributed by atoms with Crippen LogP contribution >= 0.6 is 11.6 Å². The third-order valence-corrected chi connectivity index (χ3v) is 3.32.